The molecule has 3 N–H and O–H groups in total. The molecule has 0 amide bonds. The molecule has 2 aromatic carbocycles. The van der Waals surface area contributed by atoms with E-state index in [1.54, 1.807) is 0 Å². The highest BCUT2D eigenvalue weighted by Crippen LogP contribution is 2.43. The van der Waals surface area contributed by atoms with E-state index in [-0.39, 0.29) is 6.79 Å². The Kier molecular flexibility index (Phi) is 4.49. The molecule has 4 heterocycles. The van der Waals surface area contributed by atoms with Crippen molar-refractivity contribution < 1.29 is 14.6 Å². The minimum atomic E-state index is -1.04. The number of para-hydroxylation sites is 1. The molecule has 0 fully saturated rings. The molecule has 6 rings (SSSR count). The molecule has 0 radical (unpaired) electrons. The first-order chi connectivity index (χ1) is 16.1. The van der Waals surface area contributed by atoms with E-state index in [2.05, 4.69) is 9.97 Å². The van der Waals surface area contributed by atoms with E-state index in [0.29, 0.717) is 49.8 Å². The lowest BCUT2D eigenvalue weighted by molar-refractivity contribution is 0.166. The summed E-state index contributed by atoms with van der Waals surface area (Å²) in [5.74, 6) is 1.90. The van der Waals surface area contributed by atoms with E-state index in [1.165, 1.54) is 17.7 Å². The van der Waals surface area contributed by atoms with Crippen molar-refractivity contribution in [3.63, 3.8) is 0 Å². The second-order valence-electron chi connectivity index (χ2n) is 7.51. The minimum Gasteiger partial charge on any atom is -0.454 e. The molecule has 1 aliphatic rings. The maximum absolute atomic E-state index is 11.4. The number of aliphatic hydroxyl groups is 1. The molecule has 10 heteroatoms. The number of nitrogens with two attached hydrogens (primary N) is 1. The quantitative estimate of drug-likeness (QED) is 0.419. The number of aliphatic hydroxyl groups excluding tert-OH is 1. The number of ether oxygens (including phenoxy) is 2. The number of hydrogen-bond acceptors (Lipinski definition) is 9. The summed E-state index contributed by atoms with van der Waals surface area (Å²) in [6.45, 7) is 0.119. The number of rotatable bonds is 4. The lowest BCUT2D eigenvalue weighted by Gasteiger charge is -2.13. The van der Waals surface area contributed by atoms with E-state index < -0.39 is 6.10 Å². The van der Waals surface area contributed by atoms with Gasteiger partial charge in [0, 0.05) is 18.2 Å². The van der Waals surface area contributed by atoms with Crippen LogP contribution in [0.15, 0.2) is 54.9 Å². The molecule has 1 atom stereocenters. The molecule has 0 spiro atoms. The van der Waals surface area contributed by atoms with Crippen molar-refractivity contribution in [1.82, 2.24) is 24.5 Å². The Labute approximate surface area is 192 Å². The van der Waals surface area contributed by atoms with Crippen LogP contribution >= 0.6 is 11.3 Å². The number of aromatic nitrogens is 5. The van der Waals surface area contributed by atoms with Gasteiger partial charge in [0.15, 0.2) is 17.3 Å². The number of nitrogens with zero attached hydrogens (tertiary/aromatic N) is 5. The number of fused-ring (bicyclic) bond motifs is 2. The third-order valence-corrected chi connectivity index (χ3v) is 6.54. The summed E-state index contributed by atoms with van der Waals surface area (Å²) < 4.78 is 12.9. The highest BCUT2D eigenvalue weighted by atomic mass is 32.1. The summed E-state index contributed by atoms with van der Waals surface area (Å²) >= 11 is 1.40. The number of benzene rings is 2. The Bertz CT molecular complexity index is 1500. The first-order valence-corrected chi connectivity index (χ1v) is 11.0. The summed E-state index contributed by atoms with van der Waals surface area (Å²) in [7, 11) is 1.86. The first kappa shape index (κ1) is 19.6. The first-order valence-electron chi connectivity index (χ1n) is 10.2. The molecule has 5 aromatic rings. The SMILES string of the molecule is Cn1c(C(O)c2cccc3c2OCO3)nc(-c2ccccc2)c1-c1nc2c(N)ncnc2s1. The highest BCUT2D eigenvalue weighted by Gasteiger charge is 2.29. The standard InChI is InChI=1S/C23H18N6O3S/c1-29-17(23-28-16-20(24)25-10-26-22(16)33-23)15(12-6-3-2-4-7-12)27-21(29)18(30)13-8-5-9-14-19(13)32-11-31-14/h2-10,18,30H,11H2,1H3,(H2,24,25,26). The molecule has 1 aliphatic heterocycles. The summed E-state index contributed by atoms with van der Waals surface area (Å²) in [5.41, 5.74) is 9.51. The van der Waals surface area contributed by atoms with Crippen LogP contribution in [0.25, 0.3) is 32.3 Å². The average molecular weight is 459 g/mol. The van der Waals surface area contributed by atoms with Gasteiger partial charge in [-0.2, -0.15) is 0 Å². The van der Waals surface area contributed by atoms with Gasteiger partial charge < -0.3 is 24.9 Å². The maximum atomic E-state index is 11.4. The topological polar surface area (TPSA) is 121 Å². The zero-order valence-electron chi connectivity index (χ0n) is 17.5. The molecular formula is C23H18N6O3S. The van der Waals surface area contributed by atoms with E-state index in [1.807, 2.05) is 60.1 Å². The molecule has 0 bridgehead atoms. The minimum absolute atomic E-state index is 0.119. The third kappa shape index (κ3) is 3.11. The molecule has 0 aliphatic carbocycles. The number of thiazole rings is 1. The van der Waals surface area contributed by atoms with Gasteiger partial charge in [0.2, 0.25) is 6.79 Å². The fourth-order valence-corrected chi connectivity index (χ4v) is 4.98. The monoisotopic (exact) mass is 458 g/mol. The summed E-state index contributed by atoms with van der Waals surface area (Å²) in [5, 5.41) is 12.1. The zero-order valence-corrected chi connectivity index (χ0v) is 18.3. The summed E-state index contributed by atoms with van der Waals surface area (Å²) in [4.78, 5) is 18.6. The third-order valence-electron chi connectivity index (χ3n) is 5.57. The van der Waals surface area contributed by atoms with Crippen molar-refractivity contribution >= 4 is 27.5 Å². The van der Waals surface area contributed by atoms with Gasteiger partial charge in [-0.15, -0.1) is 0 Å². The summed E-state index contributed by atoms with van der Waals surface area (Å²) in [6, 6.07) is 15.2. The molecular weight excluding hydrogens is 440 g/mol. The van der Waals surface area contributed by atoms with Crippen molar-refractivity contribution in [2.24, 2.45) is 7.05 Å². The second kappa shape index (κ2) is 7.54. The van der Waals surface area contributed by atoms with Crippen molar-refractivity contribution in [1.29, 1.82) is 0 Å². The zero-order chi connectivity index (χ0) is 22.5. The van der Waals surface area contributed by atoms with Crippen LogP contribution in [0.1, 0.15) is 17.5 Å². The van der Waals surface area contributed by atoms with Gasteiger partial charge in [0.05, 0.1) is 5.69 Å². The Hall–Kier alpha value is -4.02. The van der Waals surface area contributed by atoms with Gasteiger partial charge in [0.25, 0.3) is 0 Å². The van der Waals surface area contributed by atoms with Crippen LogP contribution in [0.3, 0.4) is 0 Å². The molecule has 0 saturated heterocycles. The molecule has 9 nitrogen and oxygen atoms in total. The molecule has 1 unspecified atom stereocenters. The van der Waals surface area contributed by atoms with Gasteiger partial charge in [-0.25, -0.2) is 19.9 Å². The number of imidazole rings is 1. The highest BCUT2D eigenvalue weighted by molar-refractivity contribution is 7.21. The van der Waals surface area contributed by atoms with E-state index in [9.17, 15) is 5.11 Å². The van der Waals surface area contributed by atoms with Crippen LogP contribution < -0.4 is 15.2 Å². The predicted octanol–water partition coefficient (Wildman–Crippen LogP) is 3.55. The van der Waals surface area contributed by atoms with Crippen molar-refractivity contribution in [3.05, 3.63) is 66.2 Å². The fourth-order valence-electron chi connectivity index (χ4n) is 3.98. The Morgan fingerprint density at radius 3 is 2.73 bits per heavy atom. The van der Waals surface area contributed by atoms with Crippen LogP contribution in [-0.2, 0) is 7.05 Å². The number of hydrogen-bond donors (Lipinski definition) is 2. The van der Waals surface area contributed by atoms with Gasteiger partial charge in [-0.3, -0.25) is 0 Å². The second-order valence-corrected chi connectivity index (χ2v) is 8.49. The lowest BCUT2D eigenvalue weighted by atomic mass is 10.1. The van der Waals surface area contributed by atoms with Crippen molar-refractivity contribution in [2.75, 3.05) is 12.5 Å². The van der Waals surface area contributed by atoms with E-state index in [4.69, 9.17) is 25.2 Å². The number of nitrogen functional groups attached to an aromatic ring is 1. The largest absolute Gasteiger partial charge is 0.454 e. The summed E-state index contributed by atoms with van der Waals surface area (Å²) in [6.07, 6.45) is 0.385. The van der Waals surface area contributed by atoms with Crippen LogP contribution in [0.2, 0.25) is 0 Å². The van der Waals surface area contributed by atoms with Crippen molar-refractivity contribution in [3.8, 4) is 33.5 Å². The van der Waals surface area contributed by atoms with Crippen molar-refractivity contribution in [2.45, 2.75) is 6.10 Å². The Morgan fingerprint density at radius 2 is 1.91 bits per heavy atom. The smallest absolute Gasteiger partial charge is 0.231 e. The molecule has 0 saturated carbocycles. The van der Waals surface area contributed by atoms with Gasteiger partial charge in [0.1, 0.15) is 39.3 Å². The Balaban J connectivity index is 1.56. The molecule has 164 valence electrons. The normalized spacial score (nSPS) is 13.5. The van der Waals surface area contributed by atoms with Crippen LogP contribution in [0, 0.1) is 0 Å². The van der Waals surface area contributed by atoms with Gasteiger partial charge >= 0.3 is 0 Å². The molecule has 3 aromatic heterocycles. The average Bonchev–Trinajstić information content (AvgIpc) is 3.56. The Morgan fingerprint density at radius 1 is 1.06 bits per heavy atom. The lowest BCUT2D eigenvalue weighted by Crippen LogP contribution is -2.09. The number of anilines is 1. The fraction of sp³-hybridized carbons (Fsp3) is 0.130. The van der Waals surface area contributed by atoms with Gasteiger partial charge in [-0.1, -0.05) is 53.8 Å². The van der Waals surface area contributed by atoms with Crippen LogP contribution in [0.5, 0.6) is 11.5 Å². The van der Waals surface area contributed by atoms with Crippen LogP contribution in [-0.4, -0.2) is 36.4 Å². The molecule has 33 heavy (non-hydrogen) atoms. The van der Waals surface area contributed by atoms with E-state index >= 15 is 0 Å². The predicted molar refractivity (Wildman–Crippen MR) is 124 cm³/mol. The maximum Gasteiger partial charge on any atom is 0.231 e. The van der Waals surface area contributed by atoms with Gasteiger partial charge in [-0.05, 0) is 6.07 Å². The van der Waals surface area contributed by atoms with E-state index in [0.717, 1.165) is 11.3 Å². The van der Waals surface area contributed by atoms with Crippen LogP contribution in [0.4, 0.5) is 5.82 Å².